The van der Waals surface area contributed by atoms with E-state index in [2.05, 4.69) is 4.72 Å². The highest BCUT2D eigenvalue weighted by atomic mass is 32.2. The summed E-state index contributed by atoms with van der Waals surface area (Å²) in [7, 11) is -3.83. The van der Waals surface area contributed by atoms with Crippen LogP contribution in [0.4, 0.5) is 0 Å². The molecule has 1 saturated heterocycles. The Labute approximate surface area is 110 Å². The Balaban J connectivity index is 2.10. The van der Waals surface area contributed by atoms with Crippen LogP contribution in [0.15, 0.2) is 21.6 Å². The zero-order chi connectivity index (χ0) is 14.0. The molecule has 2 N–H and O–H groups in total. The van der Waals surface area contributed by atoms with Crippen LogP contribution in [0.3, 0.4) is 0 Å². The molecule has 0 aliphatic carbocycles. The van der Waals surface area contributed by atoms with Gasteiger partial charge in [-0.05, 0) is 31.9 Å². The third-order valence-corrected chi connectivity index (χ3v) is 4.26. The van der Waals surface area contributed by atoms with Crippen molar-refractivity contribution in [2.75, 3.05) is 6.61 Å². The Morgan fingerprint density at radius 1 is 1.47 bits per heavy atom. The van der Waals surface area contributed by atoms with Crippen LogP contribution in [-0.4, -0.2) is 38.2 Å². The monoisotopic (exact) mass is 289 g/mol. The average molecular weight is 289 g/mol. The first-order valence-corrected chi connectivity index (χ1v) is 7.34. The Hall–Kier alpha value is -1.38. The molecule has 1 aliphatic heterocycles. The van der Waals surface area contributed by atoms with Crippen molar-refractivity contribution in [2.24, 2.45) is 0 Å². The fourth-order valence-electron chi connectivity index (χ4n) is 1.96. The fraction of sp³-hybridized carbons (Fsp3) is 0.545. The first-order chi connectivity index (χ1) is 8.88. The standard InChI is InChI=1S/C11H15NO6S/c1-7-6-8(4-5-17-7)12-19(15,16)10-3-2-9(18-10)11(13)14/h2-3,7-8,12H,4-6H2,1H3,(H,13,14). The third kappa shape index (κ3) is 3.34. The molecule has 2 heterocycles. The van der Waals surface area contributed by atoms with Crippen LogP contribution in [0, 0.1) is 0 Å². The van der Waals surface area contributed by atoms with E-state index in [1.807, 2.05) is 6.92 Å². The topological polar surface area (TPSA) is 106 Å². The minimum Gasteiger partial charge on any atom is -0.475 e. The summed E-state index contributed by atoms with van der Waals surface area (Å²) in [6, 6.07) is 2.02. The van der Waals surface area contributed by atoms with Gasteiger partial charge in [-0.1, -0.05) is 0 Å². The lowest BCUT2D eigenvalue weighted by Gasteiger charge is -2.27. The van der Waals surface area contributed by atoms with Gasteiger partial charge in [0.25, 0.3) is 10.0 Å². The highest BCUT2D eigenvalue weighted by Gasteiger charge is 2.27. The lowest BCUT2D eigenvalue weighted by Crippen LogP contribution is -2.41. The molecule has 0 amide bonds. The number of hydrogen-bond donors (Lipinski definition) is 2. The molecule has 1 aromatic heterocycles. The minimum atomic E-state index is -3.83. The molecule has 2 unspecified atom stereocenters. The Kier molecular flexibility index (Phi) is 3.93. The molecule has 19 heavy (non-hydrogen) atoms. The van der Waals surface area contributed by atoms with Crippen molar-refractivity contribution in [3.63, 3.8) is 0 Å². The van der Waals surface area contributed by atoms with Crippen LogP contribution in [0.2, 0.25) is 0 Å². The number of aromatic carboxylic acids is 1. The maximum atomic E-state index is 12.0. The normalized spacial score (nSPS) is 24.3. The molecular weight excluding hydrogens is 274 g/mol. The molecule has 7 nitrogen and oxygen atoms in total. The number of carboxylic acids is 1. The van der Waals surface area contributed by atoms with E-state index >= 15 is 0 Å². The second kappa shape index (κ2) is 5.32. The predicted molar refractivity (Wildman–Crippen MR) is 64.4 cm³/mol. The Morgan fingerprint density at radius 2 is 2.21 bits per heavy atom. The van der Waals surface area contributed by atoms with Crippen LogP contribution in [-0.2, 0) is 14.8 Å². The van der Waals surface area contributed by atoms with E-state index in [0.29, 0.717) is 19.4 Å². The van der Waals surface area contributed by atoms with E-state index in [9.17, 15) is 13.2 Å². The molecule has 1 aliphatic rings. The van der Waals surface area contributed by atoms with Gasteiger partial charge in [-0.25, -0.2) is 17.9 Å². The van der Waals surface area contributed by atoms with E-state index < -0.39 is 21.8 Å². The van der Waals surface area contributed by atoms with Gasteiger partial charge in [-0.2, -0.15) is 0 Å². The largest absolute Gasteiger partial charge is 0.475 e. The van der Waals surface area contributed by atoms with Crippen molar-refractivity contribution in [3.8, 4) is 0 Å². The van der Waals surface area contributed by atoms with Crippen LogP contribution in [0.5, 0.6) is 0 Å². The lowest BCUT2D eigenvalue weighted by molar-refractivity contribution is 0.0172. The molecule has 2 atom stereocenters. The quantitative estimate of drug-likeness (QED) is 0.850. The zero-order valence-corrected chi connectivity index (χ0v) is 11.1. The number of sulfonamides is 1. The number of hydrogen-bond acceptors (Lipinski definition) is 5. The summed E-state index contributed by atoms with van der Waals surface area (Å²) >= 11 is 0. The average Bonchev–Trinajstić information content (AvgIpc) is 2.78. The SMILES string of the molecule is CC1CC(NS(=O)(=O)c2ccc(C(=O)O)o2)CCO1. The summed E-state index contributed by atoms with van der Waals surface area (Å²) in [6.45, 7) is 2.36. The van der Waals surface area contributed by atoms with Crippen molar-refractivity contribution in [1.82, 2.24) is 4.72 Å². The van der Waals surface area contributed by atoms with Gasteiger partial charge in [0.2, 0.25) is 10.9 Å². The van der Waals surface area contributed by atoms with Gasteiger partial charge in [0.15, 0.2) is 0 Å². The van der Waals surface area contributed by atoms with Crippen LogP contribution >= 0.6 is 0 Å². The minimum absolute atomic E-state index is 0.00682. The Morgan fingerprint density at radius 3 is 2.79 bits per heavy atom. The van der Waals surface area contributed by atoms with E-state index in [0.717, 1.165) is 12.1 Å². The van der Waals surface area contributed by atoms with Crippen LogP contribution < -0.4 is 4.72 Å². The molecule has 2 rings (SSSR count). The molecule has 0 bridgehead atoms. The van der Waals surface area contributed by atoms with Gasteiger partial charge in [0.1, 0.15) is 0 Å². The summed E-state index contributed by atoms with van der Waals surface area (Å²) in [4.78, 5) is 10.6. The van der Waals surface area contributed by atoms with E-state index in [1.165, 1.54) is 0 Å². The van der Waals surface area contributed by atoms with Gasteiger partial charge in [-0.3, -0.25) is 0 Å². The smallest absolute Gasteiger partial charge is 0.371 e. The van der Waals surface area contributed by atoms with Gasteiger partial charge < -0.3 is 14.3 Å². The molecule has 0 radical (unpaired) electrons. The third-order valence-electron chi connectivity index (χ3n) is 2.86. The predicted octanol–water partition coefficient (Wildman–Crippen LogP) is 0.824. The zero-order valence-electron chi connectivity index (χ0n) is 10.3. The number of nitrogens with one attached hydrogen (secondary N) is 1. The summed E-state index contributed by atoms with van der Waals surface area (Å²) in [6.07, 6.45) is 1.15. The maximum absolute atomic E-state index is 12.0. The number of rotatable bonds is 4. The van der Waals surface area contributed by atoms with E-state index in [-0.39, 0.29) is 17.2 Å². The van der Waals surface area contributed by atoms with Crippen molar-refractivity contribution in [2.45, 2.75) is 37.0 Å². The summed E-state index contributed by atoms with van der Waals surface area (Å²) in [5.74, 6) is -1.71. The summed E-state index contributed by atoms with van der Waals surface area (Å²) in [5.41, 5.74) is 0. The number of carboxylic acid groups (broad SMARTS) is 1. The lowest BCUT2D eigenvalue weighted by atomic mass is 10.1. The molecule has 0 spiro atoms. The second-order valence-corrected chi connectivity index (χ2v) is 6.09. The van der Waals surface area contributed by atoms with Gasteiger partial charge in [0, 0.05) is 12.6 Å². The highest BCUT2D eigenvalue weighted by molar-refractivity contribution is 7.89. The number of furan rings is 1. The highest BCUT2D eigenvalue weighted by Crippen LogP contribution is 2.18. The maximum Gasteiger partial charge on any atom is 0.371 e. The number of carbonyl (C=O) groups is 1. The fourth-order valence-corrected chi connectivity index (χ4v) is 3.18. The van der Waals surface area contributed by atoms with Crippen LogP contribution in [0.25, 0.3) is 0 Å². The molecule has 0 saturated carbocycles. The molecule has 8 heteroatoms. The van der Waals surface area contributed by atoms with E-state index in [4.69, 9.17) is 14.3 Å². The van der Waals surface area contributed by atoms with Crippen molar-refractivity contribution < 1.29 is 27.5 Å². The molecular formula is C11H15NO6S. The molecule has 1 aromatic rings. The molecule has 106 valence electrons. The van der Waals surface area contributed by atoms with Crippen molar-refractivity contribution in [1.29, 1.82) is 0 Å². The number of ether oxygens (including phenoxy) is 1. The molecule has 1 fully saturated rings. The van der Waals surface area contributed by atoms with Crippen molar-refractivity contribution in [3.05, 3.63) is 17.9 Å². The van der Waals surface area contributed by atoms with Crippen LogP contribution in [0.1, 0.15) is 30.3 Å². The first-order valence-electron chi connectivity index (χ1n) is 5.85. The van der Waals surface area contributed by atoms with Gasteiger partial charge in [-0.15, -0.1) is 0 Å². The Bertz CT molecular complexity index is 563. The summed E-state index contributed by atoms with van der Waals surface area (Å²) < 4.78 is 36.6. The second-order valence-electron chi connectivity index (χ2n) is 4.45. The van der Waals surface area contributed by atoms with Crippen molar-refractivity contribution >= 4 is 16.0 Å². The van der Waals surface area contributed by atoms with Gasteiger partial charge >= 0.3 is 5.97 Å². The van der Waals surface area contributed by atoms with Gasteiger partial charge in [0.05, 0.1) is 6.10 Å². The molecule has 0 aromatic carbocycles. The van der Waals surface area contributed by atoms with E-state index in [1.54, 1.807) is 0 Å². The summed E-state index contributed by atoms with van der Waals surface area (Å²) in [5, 5.41) is 8.31. The first kappa shape index (κ1) is 14.0.